The molecule has 0 unspecified atom stereocenters. The van der Waals surface area contributed by atoms with Crippen molar-refractivity contribution in [3.05, 3.63) is 34.9 Å². The van der Waals surface area contributed by atoms with E-state index in [4.69, 9.17) is 0 Å². The van der Waals surface area contributed by atoms with Crippen LogP contribution in [0.25, 0.3) is 0 Å². The summed E-state index contributed by atoms with van der Waals surface area (Å²) >= 11 is 0. The topological polar surface area (TPSA) is 41.1 Å². The number of hydrogen-bond donors (Lipinski definition) is 2. The van der Waals surface area contributed by atoms with Gasteiger partial charge in [0.25, 0.3) is 0 Å². The normalized spacial score (nSPS) is 23.1. The Labute approximate surface area is 115 Å². The van der Waals surface area contributed by atoms with Gasteiger partial charge in [-0.3, -0.25) is 4.79 Å². The number of carbonyl (C=O) groups excluding carboxylic acids is 1. The lowest BCUT2D eigenvalue weighted by Crippen LogP contribution is -2.52. The number of hydrogen-bond acceptors (Lipinski definition) is 2. The highest BCUT2D eigenvalue weighted by Gasteiger charge is 2.22. The second-order valence-electron chi connectivity index (χ2n) is 5.67. The van der Waals surface area contributed by atoms with Gasteiger partial charge in [-0.05, 0) is 51.3 Å². The first-order valence-corrected chi connectivity index (χ1v) is 7.15. The summed E-state index contributed by atoms with van der Waals surface area (Å²) in [5.41, 5.74) is 3.53. The maximum Gasteiger partial charge on any atom is 0.224 e. The summed E-state index contributed by atoms with van der Waals surface area (Å²) in [4.78, 5) is 12.2. The minimum Gasteiger partial charge on any atom is -0.352 e. The van der Waals surface area contributed by atoms with E-state index in [0.717, 1.165) is 24.9 Å². The lowest BCUT2D eigenvalue weighted by Gasteiger charge is -2.30. The summed E-state index contributed by atoms with van der Waals surface area (Å²) < 4.78 is 0. The van der Waals surface area contributed by atoms with Crippen molar-refractivity contribution in [3.8, 4) is 0 Å². The molecule has 0 radical (unpaired) electrons. The van der Waals surface area contributed by atoms with Gasteiger partial charge < -0.3 is 10.6 Å². The maximum atomic E-state index is 12.2. The summed E-state index contributed by atoms with van der Waals surface area (Å²) in [7, 11) is 0. The molecule has 1 amide bonds. The molecule has 2 atom stereocenters. The Hall–Kier alpha value is -1.35. The van der Waals surface area contributed by atoms with Crippen LogP contribution in [-0.2, 0) is 11.2 Å². The number of nitrogens with one attached hydrogen (secondary N) is 2. The lowest BCUT2D eigenvalue weighted by molar-refractivity contribution is -0.121. The SMILES string of the molecule is Cc1ccc(C)c(CC(=O)N[C@H]2CCCN[C@H]2C)c1. The van der Waals surface area contributed by atoms with Crippen molar-refractivity contribution >= 4 is 5.91 Å². The summed E-state index contributed by atoms with van der Waals surface area (Å²) in [5, 5.41) is 6.57. The van der Waals surface area contributed by atoms with Crippen molar-refractivity contribution in [2.75, 3.05) is 6.54 Å². The summed E-state index contributed by atoms with van der Waals surface area (Å²) in [6.45, 7) is 7.33. The molecule has 1 fully saturated rings. The van der Waals surface area contributed by atoms with Gasteiger partial charge in [-0.15, -0.1) is 0 Å². The van der Waals surface area contributed by atoms with Crippen LogP contribution in [0.15, 0.2) is 18.2 Å². The molecule has 3 heteroatoms. The van der Waals surface area contributed by atoms with Crippen LogP contribution in [0.3, 0.4) is 0 Å². The molecule has 1 heterocycles. The van der Waals surface area contributed by atoms with Gasteiger partial charge in [0.1, 0.15) is 0 Å². The molecular formula is C16H24N2O. The van der Waals surface area contributed by atoms with Crippen LogP contribution in [0.2, 0.25) is 0 Å². The Morgan fingerprint density at radius 3 is 2.95 bits per heavy atom. The van der Waals surface area contributed by atoms with Crippen molar-refractivity contribution in [2.45, 2.75) is 52.1 Å². The van der Waals surface area contributed by atoms with Crippen LogP contribution in [0.1, 0.15) is 36.5 Å². The minimum atomic E-state index is 0.134. The predicted octanol–water partition coefficient (Wildman–Crippen LogP) is 2.10. The van der Waals surface area contributed by atoms with Gasteiger partial charge in [-0.2, -0.15) is 0 Å². The van der Waals surface area contributed by atoms with E-state index in [1.165, 1.54) is 11.1 Å². The molecule has 0 spiro atoms. The van der Waals surface area contributed by atoms with Gasteiger partial charge in [-0.25, -0.2) is 0 Å². The van der Waals surface area contributed by atoms with Crippen LogP contribution in [-0.4, -0.2) is 24.5 Å². The van der Waals surface area contributed by atoms with E-state index in [0.29, 0.717) is 12.5 Å². The van der Waals surface area contributed by atoms with E-state index in [9.17, 15) is 4.79 Å². The van der Waals surface area contributed by atoms with Crippen LogP contribution < -0.4 is 10.6 Å². The Morgan fingerprint density at radius 2 is 2.21 bits per heavy atom. The molecule has 1 aliphatic rings. The minimum absolute atomic E-state index is 0.134. The van der Waals surface area contributed by atoms with Crippen molar-refractivity contribution in [2.24, 2.45) is 0 Å². The monoisotopic (exact) mass is 260 g/mol. The molecule has 1 aliphatic heterocycles. The molecule has 1 aromatic rings. The van der Waals surface area contributed by atoms with Crippen molar-refractivity contribution < 1.29 is 4.79 Å². The molecule has 104 valence electrons. The highest BCUT2D eigenvalue weighted by atomic mass is 16.1. The molecular weight excluding hydrogens is 236 g/mol. The summed E-state index contributed by atoms with van der Waals surface area (Å²) in [6.07, 6.45) is 2.70. The zero-order chi connectivity index (χ0) is 13.8. The van der Waals surface area contributed by atoms with Crippen LogP contribution in [0, 0.1) is 13.8 Å². The quantitative estimate of drug-likeness (QED) is 0.874. The Bertz CT molecular complexity index is 456. The van der Waals surface area contributed by atoms with Gasteiger partial charge in [0.15, 0.2) is 0 Å². The first kappa shape index (κ1) is 14.1. The third-order valence-corrected chi connectivity index (χ3v) is 3.96. The first-order chi connectivity index (χ1) is 9.06. The fourth-order valence-electron chi connectivity index (χ4n) is 2.66. The molecule has 0 bridgehead atoms. The molecule has 2 N–H and O–H groups in total. The van der Waals surface area contributed by atoms with Crippen molar-refractivity contribution in [1.82, 2.24) is 10.6 Å². The Kier molecular flexibility index (Phi) is 4.59. The second kappa shape index (κ2) is 6.20. The van der Waals surface area contributed by atoms with Crippen molar-refractivity contribution in [1.29, 1.82) is 0 Å². The van der Waals surface area contributed by atoms with Gasteiger partial charge in [0, 0.05) is 12.1 Å². The van der Waals surface area contributed by atoms with Gasteiger partial charge >= 0.3 is 0 Å². The van der Waals surface area contributed by atoms with E-state index < -0.39 is 0 Å². The fourth-order valence-corrected chi connectivity index (χ4v) is 2.66. The van der Waals surface area contributed by atoms with Crippen LogP contribution in [0.5, 0.6) is 0 Å². The van der Waals surface area contributed by atoms with Crippen molar-refractivity contribution in [3.63, 3.8) is 0 Å². The zero-order valence-electron chi connectivity index (χ0n) is 12.1. The Morgan fingerprint density at radius 1 is 1.42 bits per heavy atom. The lowest BCUT2D eigenvalue weighted by atomic mass is 9.98. The molecule has 1 aromatic carbocycles. The number of amides is 1. The van der Waals surface area contributed by atoms with E-state index in [-0.39, 0.29) is 11.9 Å². The fraction of sp³-hybridized carbons (Fsp3) is 0.562. The standard InChI is InChI=1S/C16H24N2O/c1-11-6-7-12(2)14(9-11)10-16(19)18-15-5-4-8-17-13(15)3/h6-7,9,13,15,17H,4-5,8,10H2,1-3H3,(H,18,19)/t13-,15-/m0/s1. The summed E-state index contributed by atoms with van der Waals surface area (Å²) in [5.74, 6) is 0.134. The molecule has 19 heavy (non-hydrogen) atoms. The number of piperidine rings is 1. The molecule has 0 saturated carbocycles. The number of benzene rings is 1. The van der Waals surface area contributed by atoms with E-state index in [1.54, 1.807) is 0 Å². The molecule has 2 rings (SSSR count). The molecule has 3 nitrogen and oxygen atoms in total. The van der Waals surface area contributed by atoms with E-state index in [2.05, 4.69) is 49.6 Å². The predicted molar refractivity (Wildman–Crippen MR) is 78.2 cm³/mol. The molecule has 0 aromatic heterocycles. The summed E-state index contributed by atoms with van der Waals surface area (Å²) in [6, 6.07) is 6.92. The highest BCUT2D eigenvalue weighted by molar-refractivity contribution is 5.79. The maximum absolute atomic E-state index is 12.2. The molecule has 1 saturated heterocycles. The third kappa shape index (κ3) is 3.80. The van der Waals surface area contributed by atoms with Gasteiger partial charge in [0.05, 0.1) is 6.42 Å². The largest absolute Gasteiger partial charge is 0.352 e. The van der Waals surface area contributed by atoms with E-state index >= 15 is 0 Å². The van der Waals surface area contributed by atoms with Crippen LogP contribution in [0.4, 0.5) is 0 Å². The average Bonchev–Trinajstić information content (AvgIpc) is 2.37. The average molecular weight is 260 g/mol. The van der Waals surface area contributed by atoms with Crippen LogP contribution >= 0.6 is 0 Å². The third-order valence-electron chi connectivity index (χ3n) is 3.96. The first-order valence-electron chi connectivity index (χ1n) is 7.15. The number of aryl methyl sites for hydroxylation is 2. The Balaban J connectivity index is 1.95. The zero-order valence-corrected chi connectivity index (χ0v) is 12.1. The highest BCUT2D eigenvalue weighted by Crippen LogP contribution is 2.13. The van der Waals surface area contributed by atoms with Gasteiger partial charge in [0.2, 0.25) is 5.91 Å². The number of rotatable bonds is 3. The number of carbonyl (C=O) groups is 1. The molecule has 0 aliphatic carbocycles. The van der Waals surface area contributed by atoms with Gasteiger partial charge in [-0.1, -0.05) is 23.8 Å². The van der Waals surface area contributed by atoms with E-state index in [1.807, 2.05) is 0 Å². The second-order valence-corrected chi connectivity index (χ2v) is 5.67. The smallest absolute Gasteiger partial charge is 0.224 e.